The van der Waals surface area contributed by atoms with E-state index >= 15 is 0 Å². The van der Waals surface area contributed by atoms with Crippen LogP contribution in [0, 0.1) is 11.8 Å². The average molecular weight is 290 g/mol. The van der Waals surface area contributed by atoms with Gasteiger partial charge in [0.25, 0.3) is 5.91 Å². The summed E-state index contributed by atoms with van der Waals surface area (Å²) in [5, 5.41) is 12.3. The Labute approximate surface area is 123 Å². The number of thioether (sulfide) groups is 1. The molecule has 1 aromatic heterocycles. The lowest BCUT2D eigenvalue weighted by molar-refractivity contribution is 0.0938. The summed E-state index contributed by atoms with van der Waals surface area (Å²) in [7, 11) is 0. The summed E-state index contributed by atoms with van der Waals surface area (Å²) in [6.07, 6.45) is 8.57. The van der Waals surface area contributed by atoms with E-state index in [0.717, 1.165) is 19.3 Å². The highest BCUT2D eigenvalue weighted by molar-refractivity contribution is 7.99. The van der Waals surface area contributed by atoms with E-state index in [1.54, 1.807) is 18.5 Å². The first kappa shape index (κ1) is 14.9. The number of aromatic nitrogens is 1. The molecule has 1 aliphatic carbocycles. The first-order valence-corrected chi connectivity index (χ1v) is 7.92. The summed E-state index contributed by atoms with van der Waals surface area (Å²) < 4.78 is 0. The van der Waals surface area contributed by atoms with Crippen LogP contribution in [-0.2, 0) is 0 Å². The van der Waals surface area contributed by atoms with Crippen molar-refractivity contribution >= 4 is 17.7 Å². The van der Waals surface area contributed by atoms with Gasteiger partial charge in [-0.25, -0.2) is 0 Å². The van der Waals surface area contributed by atoms with Crippen LogP contribution in [0.1, 0.15) is 35.2 Å². The molecule has 5 heteroatoms. The van der Waals surface area contributed by atoms with Gasteiger partial charge in [0.2, 0.25) is 0 Å². The Morgan fingerprint density at radius 1 is 1.55 bits per heavy atom. The molecule has 106 valence electrons. The zero-order valence-corrected chi connectivity index (χ0v) is 12.2. The van der Waals surface area contributed by atoms with Crippen molar-refractivity contribution in [2.45, 2.75) is 30.6 Å². The van der Waals surface area contributed by atoms with Crippen molar-refractivity contribution in [1.82, 2.24) is 10.3 Å². The smallest absolute Gasteiger partial charge is 0.253 e. The van der Waals surface area contributed by atoms with Crippen LogP contribution in [0.3, 0.4) is 0 Å². The second kappa shape index (κ2) is 7.32. The van der Waals surface area contributed by atoms with E-state index in [-0.39, 0.29) is 18.6 Å². The highest BCUT2D eigenvalue weighted by atomic mass is 32.2. The molecule has 0 aromatic carbocycles. The molecule has 1 fully saturated rings. The Balaban J connectivity index is 2.05. The van der Waals surface area contributed by atoms with Crippen LogP contribution in [-0.4, -0.2) is 40.2 Å². The number of amides is 1. The minimum atomic E-state index is -0.200. The van der Waals surface area contributed by atoms with Crippen LogP contribution >= 0.6 is 11.8 Å². The van der Waals surface area contributed by atoms with Crippen LogP contribution in [0.4, 0.5) is 0 Å². The summed E-state index contributed by atoms with van der Waals surface area (Å²) in [5.41, 5.74) is 1.15. The molecule has 2 atom stereocenters. The quantitative estimate of drug-likeness (QED) is 0.827. The van der Waals surface area contributed by atoms with Gasteiger partial charge in [-0.05, 0) is 25.2 Å². The Morgan fingerprint density at radius 3 is 3.15 bits per heavy atom. The standard InChI is InChI=1S/C15H18N2O2S/c1-20-14-6-2-5-13(14)17-15(19)12-8-11(4-3-7-18)9-16-10-12/h8-10,13-14,18H,2,5-7H2,1H3,(H,17,19). The van der Waals surface area contributed by atoms with Crippen LogP contribution in [0.2, 0.25) is 0 Å². The number of nitrogens with one attached hydrogen (secondary N) is 1. The molecule has 0 saturated heterocycles. The summed E-state index contributed by atoms with van der Waals surface area (Å²) in [5.74, 6) is 5.21. The number of hydrogen-bond acceptors (Lipinski definition) is 4. The van der Waals surface area contributed by atoms with E-state index in [1.165, 1.54) is 0 Å². The Kier molecular flexibility index (Phi) is 5.45. The Hall–Kier alpha value is -1.51. The molecule has 2 unspecified atom stereocenters. The predicted octanol–water partition coefficient (Wildman–Crippen LogP) is 1.44. The molecule has 0 radical (unpaired) electrons. The van der Waals surface area contributed by atoms with Gasteiger partial charge in [0.1, 0.15) is 6.61 Å². The maximum Gasteiger partial charge on any atom is 0.253 e. The van der Waals surface area contributed by atoms with Gasteiger partial charge >= 0.3 is 0 Å². The third-order valence-electron chi connectivity index (χ3n) is 3.38. The zero-order chi connectivity index (χ0) is 14.4. The second-order valence-corrected chi connectivity index (χ2v) is 5.78. The van der Waals surface area contributed by atoms with Gasteiger partial charge in [0.15, 0.2) is 0 Å². The SMILES string of the molecule is CSC1CCCC1NC(=O)c1cncc(C#CCO)c1. The molecule has 2 rings (SSSR count). The van der Waals surface area contributed by atoms with E-state index < -0.39 is 0 Å². The topological polar surface area (TPSA) is 62.2 Å². The minimum absolute atomic E-state index is 0.101. The monoisotopic (exact) mass is 290 g/mol. The maximum atomic E-state index is 12.2. The first-order valence-electron chi connectivity index (χ1n) is 6.63. The number of carbonyl (C=O) groups excluding carboxylic acids is 1. The van der Waals surface area contributed by atoms with Gasteiger partial charge in [0, 0.05) is 29.2 Å². The van der Waals surface area contributed by atoms with Crippen molar-refractivity contribution < 1.29 is 9.90 Å². The number of carbonyl (C=O) groups is 1. The number of aliphatic hydroxyl groups is 1. The number of nitrogens with zero attached hydrogens (tertiary/aromatic N) is 1. The average Bonchev–Trinajstić information content (AvgIpc) is 2.92. The van der Waals surface area contributed by atoms with Crippen molar-refractivity contribution in [3.63, 3.8) is 0 Å². The predicted molar refractivity (Wildman–Crippen MR) is 80.6 cm³/mol. The van der Waals surface area contributed by atoms with Crippen molar-refractivity contribution in [3.05, 3.63) is 29.6 Å². The highest BCUT2D eigenvalue weighted by Gasteiger charge is 2.28. The maximum absolute atomic E-state index is 12.2. The molecule has 1 aromatic rings. The molecule has 2 N–H and O–H groups in total. The van der Waals surface area contributed by atoms with Gasteiger partial charge in [0.05, 0.1) is 5.56 Å². The number of aliphatic hydroxyl groups excluding tert-OH is 1. The second-order valence-electron chi connectivity index (χ2n) is 4.71. The number of rotatable bonds is 3. The van der Waals surface area contributed by atoms with Crippen molar-refractivity contribution in [2.24, 2.45) is 0 Å². The molecule has 20 heavy (non-hydrogen) atoms. The molecular formula is C15H18N2O2S. The largest absolute Gasteiger partial charge is 0.384 e. The lowest BCUT2D eigenvalue weighted by Gasteiger charge is -2.19. The van der Waals surface area contributed by atoms with E-state index in [1.807, 2.05) is 11.8 Å². The molecule has 0 spiro atoms. The number of pyridine rings is 1. The molecule has 1 saturated carbocycles. The van der Waals surface area contributed by atoms with Crippen molar-refractivity contribution in [1.29, 1.82) is 0 Å². The van der Waals surface area contributed by atoms with Gasteiger partial charge in [-0.2, -0.15) is 11.8 Å². The zero-order valence-electron chi connectivity index (χ0n) is 11.4. The normalized spacial score (nSPS) is 21.1. The van der Waals surface area contributed by atoms with Gasteiger partial charge < -0.3 is 10.4 Å². The lowest BCUT2D eigenvalue weighted by atomic mass is 10.1. The van der Waals surface area contributed by atoms with Crippen LogP contribution in [0.15, 0.2) is 18.5 Å². The third kappa shape index (κ3) is 3.75. The summed E-state index contributed by atoms with van der Waals surface area (Å²) in [4.78, 5) is 16.3. The fourth-order valence-corrected chi connectivity index (χ4v) is 3.33. The molecule has 1 amide bonds. The van der Waals surface area contributed by atoms with Crippen molar-refractivity contribution in [3.8, 4) is 11.8 Å². The van der Waals surface area contributed by atoms with Gasteiger partial charge in [-0.15, -0.1) is 0 Å². The summed E-state index contributed by atoms with van der Waals surface area (Å²) in [6, 6.07) is 1.94. The van der Waals surface area contributed by atoms with E-state index in [0.29, 0.717) is 16.4 Å². The Morgan fingerprint density at radius 2 is 2.40 bits per heavy atom. The van der Waals surface area contributed by atoms with E-state index in [2.05, 4.69) is 28.4 Å². The minimum Gasteiger partial charge on any atom is -0.384 e. The lowest BCUT2D eigenvalue weighted by Crippen LogP contribution is -2.38. The highest BCUT2D eigenvalue weighted by Crippen LogP contribution is 2.28. The third-order valence-corrected chi connectivity index (χ3v) is 4.55. The molecule has 0 aliphatic heterocycles. The van der Waals surface area contributed by atoms with Gasteiger partial charge in [-0.3, -0.25) is 9.78 Å². The van der Waals surface area contributed by atoms with Crippen LogP contribution in [0.5, 0.6) is 0 Å². The van der Waals surface area contributed by atoms with Crippen LogP contribution in [0.25, 0.3) is 0 Å². The molecular weight excluding hydrogens is 272 g/mol. The fourth-order valence-electron chi connectivity index (χ4n) is 2.40. The first-order chi connectivity index (χ1) is 9.74. The van der Waals surface area contributed by atoms with Crippen molar-refractivity contribution in [2.75, 3.05) is 12.9 Å². The van der Waals surface area contributed by atoms with Crippen LogP contribution < -0.4 is 5.32 Å². The van der Waals surface area contributed by atoms with E-state index in [4.69, 9.17) is 5.11 Å². The molecule has 1 heterocycles. The Bertz CT molecular complexity index is 536. The summed E-state index contributed by atoms with van der Waals surface area (Å²) in [6.45, 7) is -0.200. The van der Waals surface area contributed by atoms with E-state index in [9.17, 15) is 4.79 Å². The molecule has 4 nitrogen and oxygen atoms in total. The fraction of sp³-hybridized carbons (Fsp3) is 0.467. The molecule has 0 bridgehead atoms. The summed E-state index contributed by atoms with van der Waals surface area (Å²) >= 11 is 1.81. The number of hydrogen-bond donors (Lipinski definition) is 2. The molecule has 1 aliphatic rings. The van der Waals surface area contributed by atoms with Gasteiger partial charge in [-0.1, -0.05) is 18.3 Å².